The van der Waals surface area contributed by atoms with E-state index < -0.39 is 12.1 Å². The lowest BCUT2D eigenvalue weighted by Gasteiger charge is -2.28. The molecule has 1 atom stereocenters. The van der Waals surface area contributed by atoms with Gasteiger partial charge in [-0.25, -0.2) is 0 Å². The molecule has 0 amide bonds. The number of nitrogens with zero attached hydrogens (tertiary/aromatic N) is 1. The summed E-state index contributed by atoms with van der Waals surface area (Å²) >= 11 is 0. The molecule has 0 bridgehead atoms. The van der Waals surface area contributed by atoms with E-state index in [1.807, 2.05) is 21.1 Å². The van der Waals surface area contributed by atoms with E-state index in [0.29, 0.717) is 17.4 Å². The Morgan fingerprint density at radius 3 is 2.12 bits per heavy atom. The molecule has 0 rings (SSSR count). The van der Waals surface area contributed by atoms with Crippen molar-refractivity contribution in [2.45, 2.75) is 83.7 Å². The quantitative estimate of drug-likeness (QED) is 0.187. The van der Waals surface area contributed by atoms with Gasteiger partial charge >= 0.3 is 11.9 Å². The number of carbonyl (C=O) groups is 2. The molecule has 0 aromatic heterocycles. The smallest absolute Gasteiger partial charge is 0.307 e. The van der Waals surface area contributed by atoms with E-state index >= 15 is 0 Å². The topological polar surface area (TPSA) is 63.6 Å². The third-order valence-electron chi connectivity index (χ3n) is 4.09. The summed E-state index contributed by atoms with van der Waals surface area (Å²) < 4.78 is 5.95. The summed E-state index contributed by atoms with van der Waals surface area (Å²) in [5.74, 6) is -1.21. The summed E-state index contributed by atoms with van der Waals surface area (Å²) in [6.45, 7) is 2.71. The first-order chi connectivity index (χ1) is 12.2. The van der Waals surface area contributed by atoms with Crippen LogP contribution in [0.3, 0.4) is 0 Å². The van der Waals surface area contributed by atoms with Crippen molar-refractivity contribution >= 4 is 11.9 Å². The Bertz CT molecular complexity index is 413. The molecule has 0 radical (unpaired) electrons. The lowest BCUT2D eigenvalue weighted by Crippen LogP contribution is -2.43. The van der Waals surface area contributed by atoms with Crippen LogP contribution < -0.4 is 0 Å². The lowest BCUT2D eigenvalue weighted by molar-refractivity contribution is -0.873. The number of esters is 1. The van der Waals surface area contributed by atoms with Gasteiger partial charge in [-0.15, -0.1) is 0 Å². The molecule has 0 aromatic rings. The summed E-state index contributed by atoms with van der Waals surface area (Å²) in [6, 6.07) is 0. The van der Waals surface area contributed by atoms with Crippen LogP contribution in [0.1, 0.15) is 77.6 Å². The molecule has 5 heteroatoms. The molecule has 0 aliphatic rings. The number of carbonyl (C=O) groups excluding carboxylic acids is 1. The zero-order valence-electron chi connectivity index (χ0n) is 17.3. The molecule has 5 nitrogen and oxygen atoms in total. The third-order valence-corrected chi connectivity index (χ3v) is 4.09. The van der Waals surface area contributed by atoms with Crippen LogP contribution in [0.25, 0.3) is 0 Å². The monoisotopic (exact) mass is 370 g/mol. The van der Waals surface area contributed by atoms with Crippen molar-refractivity contribution < 1.29 is 23.9 Å². The van der Waals surface area contributed by atoms with Crippen LogP contribution >= 0.6 is 0 Å². The highest BCUT2D eigenvalue weighted by molar-refractivity contribution is 5.71. The third kappa shape index (κ3) is 17.5. The second kappa shape index (κ2) is 14.8. The van der Waals surface area contributed by atoms with Gasteiger partial charge < -0.3 is 14.3 Å². The molecule has 1 N–H and O–H groups in total. The highest BCUT2D eigenvalue weighted by Gasteiger charge is 2.24. The zero-order valence-corrected chi connectivity index (χ0v) is 17.3. The van der Waals surface area contributed by atoms with Gasteiger partial charge in [0.15, 0.2) is 6.10 Å². The van der Waals surface area contributed by atoms with Gasteiger partial charge in [-0.2, -0.15) is 0 Å². The molecule has 152 valence electrons. The highest BCUT2D eigenvalue weighted by Crippen LogP contribution is 2.11. The average molecular weight is 371 g/mol. The van der Waals surface area contributed by atoms with Crippen LogP contribution in [-0.4, -0.2) is 55.3 Å². The van der Waals surface area contributed by atoms with Gasteiger partial charge in [0.05, 0.1) is 27.6 Å². The number of allylic oxidation sites excluding steroid dienone is 2. The van der Waals surface area contributed by atoms with E-state index in [-0.39, 0.29) is 12.4 Å². The van der Waals surface area contributed by atoms with Gasteiger partial charge in [0.2, 0.25) is 0 Å². The predicted octanol–water partition coefficient (Wildman–Crippen LogP) is 4.56. The molecule has 0 saturated heterocycles. The fraction of sp³-hybridized carbons (Fsp3) is 0.810. The number of ether oxygens (including phenoxy) is 1. The Morgan fingerprint density at radius 1 is 0.962 bits per heavy atom. The maximum atomic E-state index is 11.9. The first kappa shape index (κ1) is 24.6. The van der Waals surface area contributed by atoms with Gasteiger partial charge in [0.1, 0.15) is 6.54 Å². The molecule has 0 aliphatic heterocycles. The molecular formula is C21H40NO4+. The molecule has 0 aliphatic carbocycles. The van der Waals surface area contributed by atoms with E-state index in [2.05, 4.69) is 19.1 Å². The highest BCUT2D eigenvalue weighted by atomic mass is 16.5. The Labute approximate surface area is 160 Å². The summed E-state index contributed by atoms with van der Waals surface area (Å²) in [6.07, 6.45) is 14.5. The van der Waals surface area contributed by atoms with Crippen molar-refractivity contribution in [2.75, 3.05) is 27.7 Å². The number of hydrogen-bond acceptors (Lipinski definition) is 3. The molecular weight excluding hydrogens is 330 g/mol. The van der Waals surface area contributed by atoms with Crippen LogP contribution in [0.2, 0.25) is 0 Å². The van der Waals surface area contributed by atoms with Crippen molar-refractivity contribution in [1.82, 2.24) is 0 Å². The van der Waals surface area contributed by atoms with Crippen molar-refractivity contribution in [3.05, 3.63) is 12.2 Å². The Morgan fingerprint density at radius 2 is 1.54 bits per heavy atom. The first-order valence-electron chi connectivity index (χ1n) is 10.1. The minimum atomic E-state index is -0.931. The predicted molar refractivity (Wildman–Crippen MR) is 106 cm³/mol. The molecule has 0 saturated carbocycles. The minimum absolute atomic E-state index is 0.132. The number of carboxylic acids is 1. The normalized spacial score (nSPS) is 13.1. The maximum Gasteiger partial charge on any atom is 0.307 e. The Balaban J connectivity index is 3.79. The molecule has 0 heterocycles. The van der Waals surface area contributed by atoms with E-state index in [1.165, 1.54) is 32.1 Å². The lowest BCUT2D eigenvalue weighted by atomic mass is 10.1. The largest absolute Gasteiger partial charge is 0.481 e. The first-order valence-corrected chi connectivity index (χ1v) is 10.1. The van der Waals surface area contributed by atoms with Gasteiger partial charge in [-0.05, 0) is 25.7 Å². The summed E-state index contributed by atoms with van der Waals surface area (Å²) in [5.41, 5.74) is 0. The molecule has 0 unspecified atom stereocenters. The van der Waals surface area contributed by atoms with E-state index in [4.69, 9.17) is 9.84 Å². The fourth-order valence-corrected chi connectivity index (χ4v) is 2.81. The summed E-state index contributed by atoms with van der Waals surface area (Å²) in [7, 11) is 5.88. The second-order valence-electron chi connectivity index (χ2n) is 8.10. The SMILES string of the molecule is CCCC/C=C\CCCCCCCC(=O)O[C@H](CC(=O)O)C[N+](C)(C)C. The van der Waals surface area contributed by atoms with Crippen LogP contribution in [0.4, 0.5) is 0 Å². The van der Waals surface area contributed by atoms with Crippen molar-refractivity contribution in [3.63, 3.8) is 0 Å². The van der Waals surface area contributed by atoms with Crippen LogP contribution in [0, 0.1) is 0 Å². The van der Waals surface area contributed by atoms with Crippen molar-refractivity contribution in [2.24, 2.45) is 0 Å². The number of aliphatic carboxylic acids is 1. The average Bonchev–Trinajstić information content (AvgIpc) is 2.50. The number of quaternary nitrogens is 1. The summed E-state index contributed by atoms with van der Waals surface area (Å²) in [4.78, 5) is 22.9. The van der Waals surface area contributed by atoms with Crippen molar-refractivity contribution in [3.8, 4) is 0 Å². The van der Waals surface area contributed by atoms with Crippen LogP contribution in [0.15, 0.2) is 12.2 Å². The standard InChI is InChI=1S/C21H39NO4/c1-5-6-7-8-9-10-11-12-13-14-15-16-21(25)26-19(17-20(23)24)18-22(2,3)4/h8-9,19H,5-7,10-18H2,1-4H3/p+1/b9-8-/t19-/m1/s1. The molecule has 26 heavy (non-hydrogen) atoms. The molecule has 0 fully saturated rings. The second-order valence-corrected chi connectivity index (χ2v) is 8.10. The molecule has 0 aromatic carbocycles. The fourth-order valence-electron chi connectivity index (χ4n) is 2.81. The van der Waals surface area contributed by atoms with E-state index in [0.717, 1.165) is 25.7 Å². The number of hydrogen-bond donors (Lipinski definition) is 1. The Hall–Kier alpha value is -1.36. The summed E-state index contributed by atoms with van der Waals surface area (Å²) in [5, 5.41) is 8.97. The van der Waals surface area contributed by atoms with Crippen molar-refractivity contribution in [1.29, 1.82) is 0 Å². The van der Waals surface area contributed by atoms with E-state index in [1.54, 1.807) is 0 Å². The van der Waals surface area contributed by atoms with E-state index in [9.17, 15) is 9.59 Å². The minimum Gasteiger partial charge on any atom is -0.481 e. The number of likely N-dealkylation sites (N-methyl/N-ethyl adjacent to an activating group) is 1. The van der Waals surface area contributed by atoms with Gasteiger partial charge in [-0.1, -0.05) is 51.2 Å². The van der Waals surface area contributed by atoms with Crippen LogP contribution in [0.5, 0.6) is 0 Å². The van der Waals surface area contributed by atoms with Crippen LogP contribution in [-0.2, 0) is 14.3 Å². The number of carboxylic acid groups (broad SMARTS) is 1. The van der Waals surface area contributed by atoms with Gasteiger partial charge in [0, 0.05) is 6.42 Å². The Kier molecular flexibility index (Phi) is 14.0. The number of rotatable bonds is 16. The maximum absolute atomic E-state index is 11.9. The molecule has 0 spiro atoms. The number of unbranched alkanes of at least 4 members (excludes halogenated alkanes) is 7. The van der Waals surface area contributed by atoms with Gasteiger partial charge in [-0.3, -0.25) is 9.59 Å². The zero-order chi connectivity index (χ0) is 19.8. The van der Waals surface area contributed by atoms with Gasteiger partial charge in [0.25, 0.3) is 0 Å².